The third-order valence-corrected chi connectivity index (χ3v) is 4.16. The maximum Gasteiger partial charge on any atom is 0.246 e. The molecule has 1 amide bonds. The fraction of sp³-hybridized carbons (Fsp3) is 0.150. The van der Waals surface area contributed by atoms with E-state index in [1.807, 2.05) is 30.3 Å². The van der Waals surface area contributed by atoms with E-state index in [0.717, 1.165) is 11.3 Å². The van der Waals surface area contributed by atoms with Crippen LogP contribution < -0.4 is 10.2 Å². The number of nitrogens with zero attached hydrogens (tertiary/aromatic N) is 4. The van der Waals surface area contributed by atoms with Crippen LogP contribution in [0.5, 0.6) is 0 Å². The number of carbonyl (C=O) groups is 2. The maximum atomic E-state index is 12.5. The first-order valence-electron chi connectivity index (χ1n) is 8.40. The number of aromatic nitrogens is 3. The Kier molecular flexibility index (Phi) is 5.51. The van der Waals surface area contributed by atoms with Crippen molar-refractivity contribution in [1.82, 2.24) is 15.0 Å². The van der Waals surface area contributed by atoms with E-state index in [1.165, 1.54) is 0 Å². The Morgan fingerprint density at radius 1 is 1.11 bits per heavy atom. The van der Waals surface area contributed by atoms with E-state index >= 15 is 0 Å². The van der Waals surface area contributed by atoms with Gasteiger partial charge in [0.15, 0.2) is 12.1 Å². The Labute approximate surface area is 157 Å². The van der Waals surface area contributed by atoms with Crippen molar-refractivity contribution in [2.24, 2.45) is 0 Å². The van der Waals surface area contributed by atoms with Gasteiger partial charge >= 0.3 is 0 Å². The van der Waals surface area contributed by atoms with E-state index in [2.05, 4.69) is 20.3 Å². The number of pyridine rings is 1. The van der Waals surface area contributed by atoms with Crippen molar-refractivity contribution in [1.29, 1.82) is 0 Å². The van der Waals surface area contributed by atoms with Crippen molar-refractivity contribution in [2.45, 2.75) is 6.92 Å². The number of likely N-dealkylation sites (N-methyl/N-ethyl adjacent to an activating group) is 1. The average molecular weight is 361 g/mol. The van der Waals surface area contributed by atoms with Crippen molar-refractivity contribution in [3.05, 3.63) is 66.1 Å². The van der Waals surface area contributed by atoms with E-state index in [9.17, 15) is 9.59 Å². The zero-order chi connectivity index (χ0) is 19.2. The number of benzene rings is 1. The van der Waals surface area contributed by atoms with Crippen LogP contribution in [0.15, 0.2) is 54.9 Å². The summed E-state index contributed by atoms with van der Waals surface area (Å²) < 4.78 is 0. The summed E-state index contributed by atoms with van der Waals surface area (Å²) >= 11 is 0. The Hall–Kier alpha value is -3.61. The molecule has 3 rings (SSSR count). The lowest BCUT2D eigenvalue weighted by Crippen LogP contribution is -2.32. The van der Waals surface area contributed by atoms with Crippen LogP contribution >= 0.6 is 0 Å². The van der Waals surface area contributed by atoms with Crippen LogP contribution in [-0.2, 0) is 4.79 Å². The first-order chi connectivity index (χ1) is 13.1. The number of aldehydes is 1. The molecule has 0 aliphatic rings. The van der Waals surface area contributed by atoms with Crippen molar-refractivity contribution in [2.75, 3.05) is 23.8 Å². The molecular formula is C20H19N5O2. The van der Waals surface area contributed by atoms with Gasteiger partial charge in [0.25, 0.3) is 0 Å². The number of rotatable bonds is 6. The first kappa shape index (κ1) is 18.2. The lowest BCUT2D eigenvalue weighted by molar-refractivity contribution is -0.116. The Balaban J connectivity index is 1.82. The van der Waals surface area contributed by atoms with Crippen LogP contribution in [0, 0.1) is 6.92 Å². The van der Waals surface area contributed by atoms with Crippen LogP contribution in [0.2, 0.25) is 0 Å². The van der Waals surface area contributed by atoms with Gasteiger partial charge in [0.2, 0.25) is 5.91 Å². The smallest absolute Gasteiger partial charge is 0.246 e. The van der Waals surface area contributed by atoms with Crippen LogP contribution in [-0.4, -0.2) is 40.7 Å². The molecule has 0 saturated heterocycles. The fourth-order valence-corrected chi connectivity index (χ4v) is 2.52. The van der Waals surface area contributed by atoms with Gasteiger partial charge in [0.05, 0.1) is 6.54 Å². The zero-order valence-corrected chi connectivity index (χ0v) is 15.1. The number of nitrogens with one attached hydrogen (secondary N) is 1. The minimum Gasteiger partial charge on any atom is -0.361 e. The molecule has 0 bridgehead atoms. The molecule has 2 aromatic heterocycles. The van der Waals surface area contributed by atoms with Gasteiger partial charge in [-0.1, -0.05) is 18.2 Å². The quantitative estimate of drug-likeness (QED) is 0.679. The summed E-state index contributed by atoms with van der Waals surface area (Å²) in [6.45, 7) is 1.78. The molecule has 0 spiro atoms. The van der Waals surface area contributed by atoms with Crippen LogP contribution in [0.4, 0.5) is 11.5 Å². The summed E-state index contributed by atoms with van der Waals surface area (Å²) in [6.07, 6.45) is 3.94. The van der Waals surface area contributed by atoms with E-state index in [4.69, 9.17) is 0 Å². The molecule has 7 heteroatoms. The monoisotopic (exact) mass is 361 g/mol. The summed E-state index contributed by atoms with van der Waals surface area (Å²) in [5.74, 6) is 0.725. The highest BCUT2D eigenvalue weighted by Crippen LogP contribution is 2.21. The van der Waals surface area contributed by atoms with Crippen molar-refractivity contribution in [3.8, 4) is 11.4 Å². The Morgan fingerprint density at radius 2 is 1.81 bits per heavy atom. The minimum atomic E-state index is -0.127. The summed E-state index contributed by atoms with van der Waals surface area (Å²) in [5, 5.41) is 3.03. The van der Waals surface area contributed by atoms with Crippen LogP contribution in [0.3, 0.4) is 0 Å². The number of anilines is 2. The van der Waals surface area contributed by atoms with Gasteiger partial charge in [-0.05, 0) is 31.2 Å². The molecule has 0 atom stereocenters. The SMILES string of the molecule is Cc1c(C=O)nc(-c2ccncc2)nc1NCC(=O)N(C)c1ccccc1. The first-order valence-corrected chi connectivity index (χ1v) is 8.40. The second kappa shape index (κ2) is 8.18. The van der Waals surface area contributed by atoms with Gasteiger partial charge in [-0.3, -0.25) is 14.6 Å². The van der Waals surface area contributed by atoms with Gasteiger partial charge in [0, 0.05) is 36.3 Å². The largest absolute Gasteiger partial charge is 0.361 e. The lowest BCUT2D eigenvalue weighted by atomic mass is 10.2. The number of carbonyl (C=O) groups excluding carboxylic acids is 2. The topological polar surface area (TPSA) is 88.1 Å². The van der Waals surface area contributed by atoms with Crippen molar-refractivity contribution < 1.29 is 9.59 Å². The number of hydrogen-bond acceptors (Lipinski definition) is 6. The van der Waals surface area contributed by atoms with Crippen LogP contribution in [0.25, 0.3) is 11.4 Å². The summed E-state index contributed by atoms with van der Waals surface area (Å²) in [5.41, 5.74) is 2.42. The standard InChI is InChI=1S/C20H19N5O2/c1-14-17(13-26)23-20(15-8-10-21-11-9-15)24-19(14)22-12-18(27)25(2)16-6-4-3-5-7-16/h3-11,13H,12H2,1-2H3,(H,22,23,24). The average Bonchev–Trinajstić information content (AvgIpc) is 2.73. The number of para-hydroxylation sites is 1. The maximum absolute atomic E-state index is 12.5. The second-order valence-electron chi connectivity index (χ2n) is 5.90. The van der Waals surface area contributed by atoms with Crippen molar-refractivity contribution in [3.63, 3.8) is 0 Å². The predicted octanol–water partition coefficient (Wildman–Crippen LogP) is 2.73. The summed E-state index contributed by atoms with van der Waals surface area (Å²) in [7, 11) is 1.71. The van der Waals surface area contributed by atoms with Crippen molar-refractivity contribution >= 4 is 23.7 Å². The number of hydrogen-bond donors (Lipinski definition) is 1. The molecule has 7 nitrogen and oxygen atoms in total. The second-order valence-corrected chi connectivity index (χ2v) is 5.90. The minimum absolute atomic E-state index is 0.0390. The predicted molar refractivity (Wildman–Crippen MR) is 104 cm³/mol. The number of amides is 1. The Bertz CT molecular complexity index is 945. The van der Waals surface area contributed by atoms with Crippen LogP contribution in [0.1, 0.15) is 16.1 Å². The van der Waals surface area contributed by atoms with Gasteiger partial charge in [0.1, 0.15) is 11.5 Å². The Morgan fingerprint density at radius 3 is 2.48 bits per heavy atom. The van der Waals surface area contributed by atoms with E-state index < -0.39 is 0 Å². The molecule has 0 radical (unpaired) electrons. The third-order valence-electron chi connectivity index (χ3n) is 4.16. The molecule has 2 heterocycles. The molecule has 0 aliphatic heterocycles. The van der Waals surface area contributed by atoms with E-state index in [0.29, 0.717) is 23.5 Å². The molecule has 0 aliphatic carbocycles. The van der Waals surface area contributed by atoms with Gasteiger partial charge in [-0.25, -0.2) is 9.97 Å². The third kappa shape index (κ3) is 4.14. The summed E-state index contributed by atoms with van der Waals surface area (Å²) in [6, 6.07) is 12.9. The molecule has 0 fully saturated rings. The van der Waals surface area contributed by atoms with Gasteiger partial charge in [-0.15, -0.1) is 0 Å². The molecule has 136 valence electrons. The normalized spacial score (nSPS) is 10.3. The van der Waals surface area contributed by atoms with E-state index in [-0.39, 0.29) is 18.1 Å². The molecule has 0 unspecified atom stereocenters. The summed E-state index contributed by atoms with van der Waals surface area (Å²) in [4.78, 5) is 38.2. The highest BCUT2D eigenvalue weighted by Gasteiger charge is 2.15. The fourth-order valence-electron chi connectivity index (χ4n) is 2.52. The lowest BCUT2D eigenvalue weighted by Gasteiger charge is -2.18. The molecule has 1 aromatic carbocycles. The highest BCUT2D eigenvalue weighted by atomic mass is 16.2. The molecule has 27 heavy (non-hydrogen) atoms. The zero-order valence-electron chi connectivity index (χ0n) is 15.1. The molecule has 3 aromatic rings. The van der Waals surface area contributed by atoms with Gasteiger partial charge < -0.3 is 10.2 Å². The molecular weight excluding hydrogens is 342 g/mol. The van der Waals surface area contributed by atoms with E-state index in [1.54, 1.807) is 43.4 Å². The molecule has 0 saturated carbocycles. The van der Waals surface area contributed by atoms with Gasteiger partial charge in [-0.2, -0.15) is 0 Å². The molecule has 1 N–H and O–H groups in total. The highest BCUT2D eigenvalue weighted by molar-refractivity contribution is 5.95.